The van der Waals surface area contributed by atoms with Crippen molar-refractivity contribution in [1.29, 1.82) is 0 Å². The molecule has 1 aromatic rings. The number of ether oxygens (including phenoxy) is 1. The van der Waals surface area contributed by atoms with Gasteiger partial charge in [0.1, 0.15) is 5.75 Å². The Kier molecular flexibility index (Phi) is 6.85. The maximum atomic E-state index is 5.70. The lowest BCUT2D eigenvalue weighted by molar-refractivity contribution is 0.313. The fourth-order valence-corrected chi connectivity index (χ4v) is 1.98. The van der Waals surface area contributed by atoms with Gasteiger partial charge in [0.15, 0.2) is 0 Å². The highest BCUT2D eigenvalue weighted by Gasteiger charge is 2.04. The molecule has 0 saturated heterocycles. The highest BCUT2D eigenvalue weighted by molar-refractivity contribution is 9.11. The Labute approximate surface area is 120 Å². The molecule has 0 aliphatic heterocycles. The molecule has 94 valence electrons. The zero-order valence-electron chi connectivity index (χ0n) is 9.93. The fourth-order valence-electron chi connectivity index (χ4n) is 1.37. The third-order valence-corrected chi connectivity index (χ3v) is 2.89. The summed E-state index contributed by atoms with van der Waals surface area (Å²) in [5.41, 5.74) is 1.15. The van der Waals surface area contributed by atoms with Crippen molar-refractivity contribution in [2.45, 2.75) is 19.9 Å². The smallest absolute Gasteiger partial charge is 0.123 e. The number of hydrogen-bond acceptors (Lipinski definition) is 2. The van der Waals surface area contributed by atoms with E-state index in [1.54, 1.807) is 0 Å². The van der Waals surface area contributed by atoms with Crippen molar-refractivity contribution in [3.8, 4) is 5.75 Å². The predicted octanol–water partition coefficient (Wildman–Crippen LogP) is 4.24. The maximum Gasteiger partial charge on any atom is 0.123 e. The van der Waals surface area contributed by atoms with Gasteiger partial charge in [0.25, 0.3) is 0 Å². The lowest BCUT2D eigenvalue weighted by Gasteiger charge is -2.12. The average Bonchev–Trinajstić information content (AvgIpc) is 2.27. The quantitative estimate of drug-likeness (QED) is 0.783. The summed E-state index contributed by atoms with van der Waals surface area (Å²) in [6.07, 6.45) is 1.02. The van der Waals surface area contributed by atoms with Crippen LogP contribution < -0.4 is 10.1 Å². The lowest BCUT2D eigenvalue weighted by Crippen LogP contribution is -2.15. The molecule has 0 atom stereocenters. The molecule has 1 rings (SSSR count). The van der Waals surface area contributed by atoms with E-state index in [2.05, 4.69) is 56.7 Å². The van der Waals surface area contributed by atoms with Crippen molar-refractivity contribution in [3.05, 3.63) is 39.3 Å². The van der Waals surface area contributed by atoms with Crippen molar-refractivity contribution < 1.29 is 4.74 Å². The largest absolute Gasteiger partial charge is 0.493 e. The van der Waals surface area contributed by atoms with E-state index in [-0.39, 0.29) is 0 Å². The molecule has 0 bridgehead atoms. The summed E-state index contributed by atoms with van der Waals surface area (Å²) in [7, 11) is 0. The Morgan fingerprint density at radius 1 is 1.47 bits per heavy atom. The summed E-state index contributed by atoms with van der Waals surface area (Å²) in [6.45, 7) is 8.16. The average molecular weight is 363 g/mol. The first-order valence-electron chi connectivity index (χ1n) is 5.58. The molecule has 0 unspecified atom stereocenters. The molecule has 0 amide bonds. The van der Waals surface area contributed by atoms with Gasteiger partial charge in [-0.3, -0.25) is 0 Å². The van der Waals surface area contributed by atoms with Gasteiger partial charge in [0, 0.05) is 27.6 Å². The SMILES string of the molecule is C=C(Br)CNCc1cc(Br)ccc1OCCC. The lowest BCUT2D eigenvalue weighted by atomic mass is 10.2. The molecule has 0 saturated carbocycles. The van der Waals surface area contributed by atoms with Gasteiger partial charge in [0.05, 0.1) is 6.61 Å². The van der Waals surface area contributed by atoms with Crippen molar-refractivity contribution in [1.82, 2.24) is 5.32 Å². The normalized spacial score (nSPS) is 10.3. The molecule has 2 nitrogen and oxygen atoms in total. The fraction of sp³-hybridized carbons (Fsp3) is 0.385. The third kappa shape index (κ3) is 5.70. The first-order valence-corrected chi connectivity index (χ1v) is 7.17. The maximum absolute atomic E-state index is 5.70. The molecule has 0 aliphatic rings. The van der Waals surface area contributed by atoms with Gasteiger partial charge < -0.3 is 10.1 Å². The van der Waals surface area contributed by atoms with E-state index >= 15 is 0 Å². The standard InChI is InChI=1S/C13H17Br2NO/c1-3-6-17-13-5-4-12(15)7-11(13)9-16-8-10(2)14/h4-5,7,16H,2-3,6,8-9H2,1H3. The Balaban J connectivity index is 2.65. The van der Waals surface area contributed by atoms with Crippen LogP contribution in [0.1, 0.15) is 18.9 Å². The van der Waals surface area contributed by atoms with E-state index in [0.29, 0.717) is 0 Å². The zero-order valence-corrected chi connectivity index (χ0v) is 13.1. The number of benzene rings is 1. The van der Waals surface area contributed by atoms with Gasteiger partial charge in [-0.25, -0.2) is 0 Å². The Hall–Kier alpha value is -0.320. The second-order valence-electron chi connectivity index (χ2n) is 3.72. The molecular weight excluding hydrogens is 346 g/mol. The summed E-state index contributed by atoms with van der Waals surface area (Å²) < 4.78 is 7.72. The Morgan fingerprint density at radius 2 is 2.24 bits per heavy atom. The van der Waals surface area contributed by atoms with Crippen LogP contribution in [0.2, 0.25) is 0 Å². The summed E-state index contributed by atoms with van der Waals surface area (Å²) >= 11 is 6.80. The van der Waals surface area contributed by atoms with Crippen LogP contribution in [0.25, 0.3) is 0 Å². The minimum Gasteiger partial charge on any atom is -0.493 e. The van der Waals surface area contributed by atoms with E-state index in [1.807, 2.05) is 12.1 Å². The van der Waals surface area contributed by atoms with Crippen LogP contribution in [0.4, 0.5) is 0 Å². The van der Waals surface area contributed by atoms with Crippen LogP contribution in [0.3, 0.4) is 0 Å². The first kappa shape index (κ1) is 14.7. The van der Waals surface area contributed by atoms with Gasteiger partial charge in [-0.05, 0) is 24.6 Å². The highest BCUT2D eigenvalue weighted by atomic mass is 79.9. The van der Waals surface area contributed by atoms with Gasteiger partial charge in [0.2, 0.25) is 0 Å². The van der Waals surface area contributed by atoms with Crippen LogP contribution in [-0.2, 0) is 6.54 Å². The number of nitrogens with one attached hydrogen (secondary N) is 1. The molecule has 0 heterocycles. The summed E-state index contributed by atoms with van der Waals surface area (Å²) in [4.78, 5) is 0. The third-order valence-electron chi connectivity index (χ3n) is 2.12. The molecule has 4 heteroatoms. The molecule has 0 aromatic heterocycles. The number of hydrogen-bond donors (Lipinski definition) is 1. The Bertz CT molecular complexity index is 380. The van der Waals surface area contributed by atoms with Crippen molar-refractivity contribution in [2.24, 2.45) is 0 Å². The van der Waals surface area contributed by atoms with E-state index in [9.17, 15) is 0 Å². The van der Waals surface area contributed by atoms with E-state index < -0.39 is 0 Å². The van der Waals surface area contributed by atoms with Crippen LogP contribution in [0.5, 0.6) is 5.75 Å². The second kappa shape index (κ2) is 7.90. The van der Waals surface area contributed by atoms with Crippen LogP contribution in [0.15, 0.2) is 33.7 Å². The summed E-state index contributed by atoms with van der Waals surface area (Å²) in [6, 6.07) is 6.08. The van der Waals surface area contributed by atoms with Gasteiger partial charge in [-0.15, -0.1) is 0 Å². The molecular formula is C13H17Br2NO. The van der Waals surface area contributed by atoms with Gasteiger partial charge in [-0.1, -0.05) is 45.4 Å². The molecule has 0 radical (unpaired) electrons. The van der Waals surface area contributed by atoms with Crippen LogP contribution >= 0.6 is 31.9 Å². The monoisotopic (exact) mass is 361 g/mol. The minimum absolute atomic E-state index is 0.750. The molecule has 17 heavy (non-hydrogen) atoms. The van der Waals surface area contributed by atoms with Gasteiger partial charge in [-0.2, -0.15) is 0 Å². The highest BCUT2D eigenvalue weighted by Crippen LogP contribution is 2.23. The van der Waals surface area contributed by atoms with E-state index in [1.165, 1.54) is 0 Å². The second-order valence-corrected chi connectivity index (χ2v) is 5.76. The van der Waals surface area contributed by atoms with E-state index in [4.69, 9.17) is 4.74 Å². The summed E-state index contributed by atoms with van der Waals surface area (Å²) in [5, 5.41) is 3.30. The molecule has 0 spiro atoms. The molecule has 1 aromatic carbocycles. The van der Waals surface area contributed by atoms with Crippen molar-refractivity contribution >= 4 is 31.9 Å². The molecule has 0 fully saturated rings. The molecule has 0 aliphatic carbocycles. The van der Waals surface area contributed by atoms with Crippen LogP contribution in [0, 0.1) is 0 Å². The zero-order chi connectivity index (χ0) is 12.7. The molecule has 1 N–H and O–H groups in total. The first-order chi connectivity index (χ1) is 8.13. The topological polar surface area (TPSA) is 21.3 Å². The Morgan fingerprint density at radius 3 is 2.88 bits per heavy atom. The van der Waals surface area contributed by atoms with Crippen molar-refractivity contribution in [3.63, 3.8) is 0 Å². The summed E-state index contributed by atoms with van der Waals surface area (Å²) in [5.74, 6) is 0.947. The van der Waals surface area contributed by atoms with Crippen molar-refractivity contribution in [2.75, 3.05) is 13.2 Å². The number of rotatable bonds is 7. The minimum atomic E-state index is 0.750. The number of halogens is 2. The van der Waals surface area contributed by atoms with Gasteiger partial charge >= 0.3 is 0 Å². The van der Waals surface area contributed by atoms with E-state index in [0.717, 1.165) is 46.4 Å². The van der Waals surface area contributed by atoms with Crippen LogP contribution in [-0.4, -0.2) is 13.2 Å². The predicted molar refractivity (Wildman–Crippen MR) is 79.7 cm³/mol.